The van der Waals surface area contributed by atoms with Gasteiger partial charge in [0.1, 0.15) is 0 Å². The highest BCUT2D eigenvalue weighted by molar-refractivity contribution is 5.68. The molecule has 0 spiro atoms. The minimum atomic E-state index is -0.138. The summed E-state index contributed by atoms with van der Waals surface area (Å²) in [5, 5.41) is 0. The second-order valence-corrected chi connectivity index (χ2v) is 8.47. The van der Waals surface area contributed by atoms with Crippen molar-refractivity contribution < 1.29 is 9.53 Å². The predicted octanol–water partition coefficient (Wildman–Crippen LogP) is 3.12. The quantitative estimate of drug-likeness (QED) is 0.912. The van der Waals surface area contributed by atoms with E-state index in [0.717, 1.165) is 42.1 Å². The van der Waals surface area contributed by atoms with Crippen molar-refractivity contribution in [1.29, 1.82) is 0 Å². The first-order valence-corrected chi connectivity index (χ1v) is 9.12. The largest absolute Gasteiger partial charge is 0.449 e. The standard InChI is InChI=1S/C18H25N3O2/c22-17(21-2-1-15-16(9-21)20-11-19-15)23-10-18-6-12-3-13(7-18)5-14(4-12)8-18/h11-14H,1-10H2,(H,19,20). The molecule has 1 aromatic heterocycles. The number of imidazole rings is 1. The monoisotopic (exact) mass is 315 g/mol. The van der Waals surface area contributed by atoms with Gasteiger partial charge in [-0.3, -0.25) is 0 Å². The molecule has 1 amide bonds. The summed E-state index contributed by atoms with van der Waals surface area (Å²) in [5.41, 5.74) is 2.46. The Morgan fingerprint density at radius 1 is 1.26 bits per heavy atom. The Labute approximate surface area is 136 Å². The fourth-order valence-corrected chi connectivity index (χ4v) is 6.14. The lowest BCUT2D eigenvalue weighted by Crippen LogP contribution is -2.49. The number of nitrogens with one attached hydrogen (secondary N) is 1. The number of nitrogens with zero attached hydrogens (tertiary/aromatic N) is 2. The minimum absolute atomic E-state index is 0.138. The third-order valence-electron chi connectivity index (χ3n) is 6.70. The molecule has 23 heavy (non-hydrogen) atoms. The van der Waals surface area contributed by atoms with E-state index >= 15 is 0 Å². The summed E-state index contributed by atoms with van der Waals surface area (Å²) >= 11 is 0. The van der Waals surface area contributed by atoms with E-state index in [1.165, 1.54) is 38.5 Å². The van der Waals surface area contributed by atoms with Crippen molar-refractivity contribution in [3.63, 3.8) is 0 Å². The Morgan fingerprint density at radius 3 is 2.65 bits per heavy atom. The van der Waals surface area contributed by atoms with Crippen LogP contribution in [0.3, 0.4) is 0 Å². The normalized spacial score (nSPS) is 37.7. The predicted molar refractivity (Wildman–Crippen MR) is 84.7 cm³/mol. The number of aromatic amines is 1. The van der Waals surface area contributed by atoms with Gasteiger partial charge in [0, 0.05) is 18.4 Å². The van der Waals surface area contributed by atoms with Gasteiger partial charge in [0.25, 0.3) is 0 Å². The topological polar surface area (TPSA) is 58.2 Å². The van der Waals surface area contributed by atoms with Crippen LogP contribution in [0, 0.1) is 23.2 Å². The molecular formula is C18H25N3O2. The number of H-pyrrole nitrogens is 1. The van der Waals surface area contributed by atoms with Crippen LogP contribution in [0.15, 0.2) is 6.33 Å². The van der Waals surface area contributed by atoms with Crippen molar-refractivity contribution in [1.82, 2.24) is 14.9 Å². The van der Waals surface area contributed by atoms with E-state index in [-0.39, 0.29) is 6.09 Å². The maximum absolute atomic E-state index is 12.5. The van der Waals surface area contributed by atoms with Crippen LogP contribution in [0.1, 0.15) is 49.9 Å². The van der Waals surface area contributed by atoms with Crippen LogP contribution in [0.4, 0.5) is 4.79 Å². The molecule has 5 heteroatoms. The molecule has 0 saturated heterocycles. The molecule has 1 aromatic rings. The summed E-state index contributed by atoms with van der Waals surface area (Å²) in [4.78, 5) is 21.7. The molecule has 1 aliphatic heterocycles. The van der Waals surface area contributed by atoms with Gasteiger partial charge in [-0.25, -0.2) is 9.78 Å². The molecule has 5 aliphatic rings. The molecule has 0 aromatic carbocycles. The van der Waals surface area contributed by atoms with Gasteiger partial charge >= 0.3 is 6.09 Å². The van der Waals surface area contributed by atoms with Gasteiger partial charge in [0.2, 0.25) is 0 Å². The lowest BCUT2D eigenvalue weighted by molar-refractivity contribution is -0.0853. The Morgan fingerprint density at radius 2 is 1.96 bits per heavy atom. The molecule has 4 bridgehead atoms. The molecule has 0 radical (unpaired) electrons. The molecule has 4 fully saturated rings. The average Bonchev–Trinajstić information content (AvgIpc) is 2.99. The van der Waals surface area contributed by atoms with Crippen molar-refractivity contribution in [2.24, 2.45) is 23.2 Å². The number of aromatic nitrogens is 2. The van der Waals surface area contributed by atoms with E-state index in [0.29, 0.717) is 18.6 Å². The highest BCUT2D eigenvalue weighted by Gasteiger charge is 2.51. The van der Waals surface area contributed by atoms with E-state index in [2.05, 4.69) is 9.97 Å². The fraction of sp³-hybridized carbons (Fsp3) is 0.778. The Kier molecular flexibility index (Phi) is 3.01. The Balaban J connectivity index is 1.22. The van der Waals surface area contributed by atoms with Gasteiger partial charge in [-0.1, -0.05) is 0 Å². The first-order valence-electron chi connectivity index (χ1n) is 9.12. The van der Waals surface area contributed by atoms with Crippen LogP contribution in [0.2, 0.25) is 0 Å². The maximum atomic E-state index is 12.5. The second kappa shape index (κ2) is 4.99. The first kappa shape index (κ1) is 13.9. The third-order valence-corrected chi connectivity index (χ3v) is 6.70. The average molecular weight is 315 g/mol. The van der Waals surface area contributed by atoms with Crippen molar-refractivity contribution in [2.45, 2.75) is 51.5 Å². The van der Waals surface area contributed by atoms with Crippen molar-refractivity contribution in [2.75, 3.05) is 13.2 Å². The van der Waals surface area contributed by atoms with Crippen LogP contribution >= 0.6 is 0 Å². The van der Waals surface area contributed by atoms with Crippen LogP contribution in [0.5, 0.6) is 0 Å². The van der Waals surface area contributed by atoms with Crippen molar-refractivity contribution in [3.8, 4) is 0 Å². The number of hydrogen-bond donors (Lipinski definition) is 1. The summed E-state index contributed by atoms with van der Waals surface area (Å²) in [5.74, 6) is 2.72. The number of amides is 1. The summed E-state index contributed by atoms with van der Waals surface area (Å²) in [7, 11) is 0. The number of carbonyl (C=O) groups excluding carboxylic acids is 1. The molecular weight excluding hydrogens is 290 g/mol. The number of carbonyl (C=O) groups is 1. The zero-order valence-corrected chi connectivity index (χ0v) is 13.6. The van der Waals surface area contributed by atoms with E-state index in [1.807, 2.05) is 4.90 Å². The second-order valence-electron chi connectivity index (χ2n) is 8.47. The fourth-order valence-electron chi connectivity index (χ4n) is 6.14. The third kappa shape index (κ3) is 2.36. The molecule has 6 rings (SSSR count). The van der Waals surface area contributed by atoms with E-state index in [1.54, 1.807) is 6.33 Å². The van der Waals surface area contributed by atoms with E-state index in [4.69, 9.17) is 4.74 Å². The summed E-state index contributed by atoms with van der Waals surface area (Å²) < 4.78 is 5.81. The van der Waals surface area contributed by atoms with Crippen LogP contribution in [-0.4, -0.2) is 34.1 Å². The Hall–Kier alpha value is -1.52. The molecule has 0 atom stereocenters. The van der Waals surface area contributed by atoms with Crippen LogP contribution in [0.25, 0.3) is 0 Å². The lowest BCUT2D eigenvalue weighted by Gasteiger charge is -2.56. The molecule has 4 saturated carbocycles. The van der Waals surface area contributed by atoms with Crippen LogP contribution < -0.4 is 0 Å². The number of hydrogen-bond acceptors (Lipinski definition) is 3. The molecule has 5 nitrogen and oxygen atoms in total. The molecule has 4 aliphatic carbocycles. The van der Waals surface area contributed by atoms with Gasteiger partial charge in [0.15, 0.2) is 0 Å². The number of fused-ring (bicyclic) bond motifs is 1. The molecule has 2 heterocycles. The zero-order valence-electron chi connectivity index (χ0n) is 13.6. The van der Waals surface area contributed by atoms with Crippen molar-refractivity contribution >= 4 is 6.09 Å². The number of rotatable bonds is 2. The molecule has 124 valence electrons. The summed E-state index contributed by atoms with van der Waals surface area (Å²) in [6, 6.07) is 0. The SMILES string of the molecule is O=C(OCC12CC3CC(CC(C3)C1)C2)N1CCc2nc[nH]c2C1. The molecule has 0 unspecified atom stereocenters. The Bertz CT molecular complexity index is 588. The van der Waals surface area contributed by atoms with E-state index in [9.17, 15) is 4.79 Å². The van der Waals surface area contributed by atoms with Gasteiger partial charge < -0.3 is 14.6 Å². The molecule has 1 N–H and O–H groups in total. The summed E-state index contributed by atoms with van der Waals surface area (Å²) in [6.45, 7) is 1.97. The maximum Gasteiger partial charge on any atom is 0.410 e. The lowest BCUT2D eigenvalue weighted by atomic mass is 9.50. The zero-order chi connectivity index (χ0) is 15.4. The van der Waals surface area contributed by atoms with Crippen molar-refractivity contribution in [3.05, 3.63) is 17.7 Å². The van der Waals surface area contributed by atoms with Gasteiger partial charge in [-0.2, -0.15) is 0 Å². The van der Waals surface area contributed by atoms with Gasteiger partial charge in [-0.05, 0) is 56.3 Å². The summed E-state index contributed by atoms with van der Waals surface area (Å²) in [6.07, 6.45) is 10.6. The highest BCUT2D eigenvalue weighted by atomic mass is 16.6. The van der Waals surface area contributed by atoms with Gasteiger partial charge in [-0.15, -0.1) is 0 Å². The minimum Gasteiger partial charge on any atom is -0.449 e. The first-order chi connectivity index (χ1) is 11.2. The highest BCUT2D eigenvalue weighted by Crippen LogP contribution is 2.60. The van der Waals surface area contributed by atoms with E-state index < -0.39 is 0 Å². The smallest absolute Gasteiger partial charge is 0.410 e. The number of ether oxygens (including phenoxy) is 1. The van der Waals surface area contributed by atoms with Gasteiger partial charge in [0.05, 0.1) is 30.9 Å². The van der Waals surface area contributed by atoms with Crippen LogP contribution in [-0.2, 0) is 17.7 Å².